The summed E-state index contributed by atoms with van der Waals surface area (Å²) in [6, 6.07) is 0. The maximum absolute atomic E-state index is 9.34. The van der Waals surface area contributed by atoms with Crippen molar-refractivity contribution in [2.75, 3.05) is 0 Å². The fourth-order valence-corrected chi connectivity index (χ4v) is 0. The first-order chi connectivity index (χ1) is 2.94. The summed E-state index contributed by atoms with van der Waals surface area (Å²) in [5.74, 6) is 0. The molecule has 0 amide bonds. The SMILES string of the molecule is O=S(O)S(=O)(=O)O.S.[KH]. The van der Waals surface area contributed by atoms with Crippen molar-refractivity contribution in [3.05, 3.63) is 0 Å². The Morgan fingerprint density at radius 2 is 1.44 bits per heavy atom. The van der Waals surface area contributed by atoms with Gasteiger partial charge in [0.05, 0.1) is 0 Å². The zero-order valence-electron chi connectivity index (χ0n) is 3.44. The van der Waals surface area contributed by atoms with Crippen LogP contribution in [0.4, 0.5) is 0 Å². The molecule has 0 heterocycles. The van der Waals surface area contributed by atoms with E-state index in [0.29, 0.717) is 0 Å². The van der Waals surface area contributed by atoms with Gasteiger partial charge in [0.15, 0.2) is 0 Å². The van der Waals surface area contributed by atoms with E-state index < -0.39 is 19.3 Å². The van der Waals surface area contributed by atoms with Crippen molar-refractivity contribution in [1.29, 1.82) is 0 Å². The molecule has 0 spiro atoms. The van der Waals surface area contributed by atoms with Gasteiger partial charge >= 0.3 is 70.6 Å². The third-order valence-corrected chi connectivity index (χ3v) is 1.62. The maximum atomic E-state index is 9.34. The van der Waals surface area contributed by atoms with Gasteiger partial charge in [-0.1, -0.05) is 0 Å². The van der Waals surface area contributed by atoms with Crippen LogP contribution in [0.2, 0.25) is 0 Å². The average Bonchev–Trinajstić information content (AvgIpc) is 1.31. The molecule has 0 radical (unpaired) electrons. The minimum absolute atomic E-state index is 0. The fraction of sp³-hybridized carbons (Fsp3) is 0. The Bertz CT molecular complexity index is 167. The zero-order valence-corrected chi connectivity index (χ0v) is 6.07. The molecular formula is H5KO5S3. The van der Waals surface area contributed by atoms with Crippen molar-refractivity contribution >= 4 is 84.1 Å². The van der Waals surface area contributed by atoms with Crippen molar-refractivity contribution < 1.29 is 21.7 Å². The molecule has 9 heteroatoms. The Kier molecular flexibility index (Phi) is 12.8. The molecule has 2 N–H and O–H groups in total. The summed E-state index contributed by atoms with van der Waals surface area (Å²) in [6.07, 6.45) is 0. The van der Waals surface area contributed by atoms with E-state index in [4.69, 9.17) is 9.11 Å². The third kappa shape index (κ3) is 10.0. The van der Waals surface area contributed by atoms with Gasteiger partial charge in [-0.25, -0.2) is 4.21 Å². The van der Waals surface area contributed by atoms with Crippen LogP contribution in [0.5, 0.6) is 0 Å². The van der Waals surface area contributed by atoms with Gasteiger partial charge in [0.25, 0.3) is 0 Å². The van der Waals surface area contributed by atoms with E-state index in [2.05, 4.69) is 0 Å². The Balaban J connectivity index is -0.000000180. The molecule has 0 aliphatic carbocycles. The second-order valence-corrected chi connectivity index (χ2v) is 4.05. The summed E-state index contributed by atoms with van der Waals surface area (Å²) >= 11 is 0. The van der Waals surface area contributed by atoms with Crippen molar-refractivity contribution in [2.45, 2.75) is 0 Å². The molecule has 0 saturated carbocycles. The number of hydrogen-bond donors (Lipinski definition) is 2. The molecule has 0 saturated heterocycles. The monoisotopic (exact) mass is 220 g/mol. The average molecular weight is 220 g/mol. The Labute approximate surface area is 104 Å². The predicted octanol–water partition coefficient (Wildman–Crippen LogP) is -1.52. The van der Waals surface area contributed by atoms with E-state index in [-0.39, 0.29) is 64.9 Å². The minimum atomic E-state index is -4.71. The van der Waals surface area contributed by atoms with Crippen LogP contribution in [0, 0.1) is 0 Å². The third-order valence-electron chi connectivity index (χ3n) is 0.180. The molecule has 1 unspecified atom stereocenters. The second kappa shape index (κ2) is 6.70. The summed E-state index contributed by atoms with van der Waals surface area (Å²) in [7, 11) is -7.87. The van der Waals surface area contributed by atoms with Gasteiger partial charge in [0.2, 0.25) is 0 Å². The van der Waals surface area contributed by atoms with Crippen LogP contribution < -0.4 is 0 Å². The first-order valence-electron chi connectivity index (χ1n) is 1.03. The van der Waals surface area contributed by atoms with E-state index in [9.17, 15) is 12.6 Å². The number of rotatable bonds is 1. The van der Waals surface area contributed by atoms with Gasteiger partial charge in [-0.2, -0.15) is 21.9 Å². The topological polar surface area (TPSA) is 91.7 Å². The molecule has 0 aliphatic heterocycles. The van der Waals surface area contributed by atoms with E-state index in [0.717, 1.165) is 0 Å². The van der Waals surface area contributed by atoms with E-state index in [1.807, 2.05) is 0 Å². The Morgan fingerprint density at radius 3 is 1.44 bits per heavy atom. The fourth-order valence-electron chi connectivity index (χ4n) is 0. The van der Waals surface area contributed by atoms with E-state index >= 15 is 0 Å². The molecule has 9 heavy (non-hydrogen) atoms. The van der Waals surface area contributed by atoms with Crippen LogP contribution in [0.1, 0.15) is 0 Å². The van der Waals surface area contributed by atoms with Crippen molar-refractivity contribution in [3.63, 3.8) is 0 Å². The molecule has 0 aromatic heterocycles. The molecule has 0 rings (SSSR count). The van der Waals surface area contributed by atoms with Crippen LogP contribution in [-0.4, -0.2) is 73.1 Å². The van der Waals surface area contributed by atoms with Crippen molar-refractivity contribution in [3.8, 4) is 0 Å². The molecular weight excluding hydrogens is 215 g/mol. The van der Waals surface area contributed by atoms with Crippen LogP contribution in [0.15, 0.2) is 0 Å². The van der Waals surface area contributed by atoms with Crippen LogP contribution >= 0.6 is 13.5 Å². The molecule has 5 nitrogen and oxygen atoms in total. The quantitative estimate of drug-likeness (QED) is 0.242. The Hall–Kier alpha value is 2.01. The van der Waals surface area contributed by atoms with Crippen molar-refractivity contribution in [2.24, 2.45) is 0 Å². The molecule has 0 aromatic rings. The summed E-state index contributed by atoms with van der Waals surface area (Å²) in [4.78, 5) is 0. The van der Waals surface area contributed by atoms with Crippen LogP contribution in [0.25, 0.3) is 0 Å². The molecule has 0 fully saturated rings. The molecule has 1 atom stereocenters. The summed E-state index contributed by atoms with van der Waals surface area (Å²) in [5, 5.41) is 0. The summed E-state index contributed by atoms with van der Waals surface area (Å²) in [6.45, 7) is 0. The van der Waals surface area contributed by atoms with Crippen molar-refractivity contribution in [1.82, 2.24) is 0 Å². The Morgan fingerprint density at radius 1 is 1.33 bits per heavy atom. The van der Waals surface area contributed by atoms with E-state index in [1.165, 1.54) is 0 Å². The first-order valence-corrected chi connectivity index (χ1v) is 4.10. The van der Waals surface area contributed by atoms with Gasteiger partial charge in [-0.3, -0.25) is 9.11 Å². The van der Waals surface area contributed by atoms with Gasteiger partial charge in [-0.15, -0.1) is 0 Å². The predicted molar refractivity (Wildman–Crippen MR) is 39.8 cm³/mol. The zero-order chi connectivity index (χ0) is 6.08. The second-order valence-electron chi connectivity index (χ2n) is 0.645. The van der Waals surface area contributed by atoms with Gasteiger partial charge in [0, 0.05) is 0 Å². The normalized spacial score (nSPS) is 12.7. The molecule has 54 valence electrons. The van der Waals surface area contributed by atoms with Gasteiger partial charge in [0.1, 0.15) is 0 Å². The first kappa shape index (κ1) is 17.2. The van der Waals surface area contributed by atoms with Gasteiger partial charge < -0.3 is 0 Å². The van der Waals surface area contributed by atoms with Crippen LogP contribution in [0.3, 0.4) is 0 Å². The van der Waals surface area contributed by atoms with Gasteiger partial charge in [-0.05, 0) is 0 Å². The van der Waals surface area contributed by atoms with E-state index in [1.54, 1.807) is 0 Å². The molecule has 0 aliphatic rings. The molecule has 0 aromatic carbocycles. The standard InChI is InChI=1S/K.H2O5S2.H2S.H/c;1-6(2)7(3,4)5;;/h;(H,1,2)(H,3,4,5);1H2;. The summed E-state index contributed by atoms with van der Waals surface area (Å²) in [5.41, 5.74) is 0. The molecule has 0 bridgehead atoms. The number of hydrogen-bond acceptors (Lipinski definition) is 3. The van der Waals surface area contributed by atoms with Crippen LogP contribution in [-0.2, 0) is 19.3 Å². The summed E-state index contributed by atoms with van der Waals surface area (Å²) < 4.78 is 43.0.